The minimum Gasteiger partial charge on any atom is -0.362 e. The number of anilines is 2. The third kappa shape index (κ3) is 4.97. The van der Waals surface area contributed by atoms with Crippen LogP contribution < -0.4 is 14.9 Å². The van der Waals surface area contributed by atoms with Gasteiger partial charge in [0.25, 0.3) is 15.9 Å². The van der Waals surface area contributed by atoms with Crippen LogP contribution in [0.5, 0.6) is 0 Å². The molecule has 2 aliphatic heterocycles. The van der Waals surface area contributed by atoms with Crippen LogP contribution in [0.3, 0.4) is 0 Å². The van der Waals surface area contributed by atoms with Crippen LogP contribution in [-0.4, -0.2) is 41.4 Å². The number of carbonyl (C=O) groups is 1. The molecular weight excluding hydrogens is 490 g/mol. The molecule has 2 atom stereocenters. The molecule has 10 nitrogen and oxygen atoms in total. The minimum atomic E-state index is -4.29. The summed E-state index contributed by atoms with van der Waals surface area (Å²) in [5, 5.41) is 12.5. The number of hydrogen-bond donors (Lipinski definition) is 2. The van der Waals surface area contributed by atoms with Crippen LogP contribution in [0.25, 0.3) is 0 Å². The van der Waals surface area contributed by atoms with Gasteiger partial charge < -0.3 is 10.2 Å². The van der Waals surface area contributed by atoms with Gasteiger partial charge in [-0.3, -0.25) is 9.78 Å². The average Bonchev–Trinajstić information content (AvgIpc) is 3.19. The molecule has 0 spiro atoms. The number of nitrogens with zero attached hydrogens (tertiary/aromatic N) is 5. The number of nitriles is 1. The predicted octanol–water partition coefficient (Wildman–Crippen LogP) is 3.41. The van der Waals surface area contributed by atoms with Crippen LogP contribution in [0.15, 0.2) is 59.8 Å². The number of rotatable bonds is 1. The van der Waals surface area contributed by atoms with Gasteiger partial charge in [0.1, 0.15) is 23.4 Å². The Morgan fingerprint density at radius 3 is 2.68 bits per heavy atom. The summed E-state index contributed by atoms with van der Waals surface area (Å²) in [5.41, 5.74) is 0.707. The summed E-state index contributed by atoms with van der Waals surface area (Å²) < 4.78 is 28.5. The van der Waals surface area contributed by atoms with E-state index in [0.717, 1.165) is 25.0 Å². The SMILES string of the molecule is CC1(C)C[C@@H]2CC[C@@H](c3ccccn3)Nc3cccc(n3)S(=O)(=O)NC(=O)c3ccc(C#N)nc3N1C2. The fourth-order valence-electron chi connectivity index (χ4n) is 5.18. The average molecular weight is 518 g/mol. The van der Waals surface area contributed by atoms with Crippen LogP contribution in [-0.2, 0) is 10.0 Å². The van der Waals surface area contributed by atoms with Gasteiger partial charge in [0.15, 0.2) is 5.03 Å². The van der Waals surface area contributed by atoms with Crippen molar-refractivity contribution >= 4 is 27.6 Å². The lowest BCUT2D eigenvalue weighted by atomic mass is 9.91. The summed E-state index contributed by atoms with van der Waals surface area (Å²) in [5.74, 6) is 0.123. The van der Waals surface area contributed by atoms with Crippen molar-refractivity contribution in [2.75, 3.05) is 16.8 Å². The van der Waals surface area contributed by atoms with Crippen molar-refractivity contribution in [3.05, 3.63) is 71.7 Å². The first-order valence-corrected chi connectivity index (χ1v) is 13.5. The molecule has 0 aliphatic carbocycles. The number of aromatic nitrogens is 3. The molecule has 1 saturated heterocycles. The van der Waals surface area contributed by atoms with Gasteiger partial charge in [-0.1, -0.05) is 12.1 Å². The van der Waals surface area contributed by atoms with Gasteiger partial charge in [-0.15, -0.1) is 0 Å². The maximum Gasteiger partial charge on any atom is 0.281 e. The maximum atomic E-state index is 13.3. The Balaban J connectivity index is 1.62. The van der Waals surface area contributed by atoms with Crippen LogP contribution in [0.1, 0.15) is 60.9 Å². The molecule has 3 aromatic rings. The van der Waals surface area contributed by atoms with E-state index in [1.54, 1.807) is 18.3 Å². The zero-order chi connectivity index (χ0) is 26.2. The second-order valence-corrected chi connectivity index (χ2v) is 11.6. The Hall–Kier alpha value is -4.04. The summed E-state index contributed by atoms with van der Waals surface area (Å²) in [6, 6.07) is 15.0. The van der Waals surface area contributed by atoms with E-state index in [1.807, 2.05) is 29.2 Å². The third-order valence-electron chi connectivity index (χ3n) is 6.91. The van der Waals surface area contributed by atoms with Gasteiger partial charge in [0, 0.05) is 18.3 Å². The highest BCUT2D eigenvalue weighted by Crippen LogP contribution is 2.40. The summed E-state index contributed by atoms with van der Waals surface area (Å²) >= 11 is 0. The molecule has 2 N–H and O–H groups in total. The molecule has 5 rings (SSSR count). The molecule has 1 fully saturated rings. The number of carbonyl (C=O) groups excluding carboxylic acids is 1. The topological polar surface area (TPSA) is 141 Å². The first kappa shape index (κ1) is 24.6. The maximum absolute atomic E-state index is 13.3. The summed E-state index contributed by atoms with van der Waals surface area (Å²) in [6.07, 6.45) is 4.16. The Morgan fingerprint density at radius 2 is 1.92 bits per heavy atom. The van der Waals surface area contributed by atoms with Crippen molar-refractivity contribution in [3.8, 4) is 6.07 Å². The van der Waals surface area contributed by atoms with Gasteiger partial charge in [0.05, 0.1) is 17.3 Å². The van der Waals surface area contributed by atoms with Crippen molar-refractivity contribution < 1.29 is 13.2 Å². The van der Waals surface area contributed by atoms with Gasteiger partial charge in [-0.2, -0.15) is 13.7 Å². The Bertz CT molecular complexity index is 1490. The lowest BCUT2D eigenvalue weighted by Crippen LogP contribution is -2.41. The Labute approximate surface area is 215 Å². The highest BCUT2D eigenvalue weighted by atomic mass is 32.2. The quantitative estimate of drug-likeness (QED) is 0.497. The Morgan fingerprint density at radius 1 is 1.08 bits per heavy atom. The standard InChI is InChI=1S/C26H27N7O3S/c1-26(2)14-17-9-12-21(20-6-3-4-13-28-20)30-22-7-5-8-23(31-22)37(35,36)32-25(34)19-11-10-18(15-27)29-24(19)33(26)16-17/h3-8,10-11,13,17,21H,9,12,14,16H2,1-2H3,(H,30,31)(H,32,34)/t17-,21-/m0/s1. The van der Waals surface area contributed by atoms with E-state index >= 15 is 0 Å². The molecule has 0 radical (unpaired) electrons. The van der Waals surface area contributed by atoms with E-state index in [2.05, 4.69) is 38.8 Å². The van der Waals surface area contributed by atoms with Crippen molar-refractivity contribution in [3.63, 3.8) is 0 Å². The van der Waals surface area contributed by atoms with E-state index in [4.69, 9.17) is 0 Å². The van der Waals surface area contributed by atoms with E-state index in [9.17, 15) is 18.5 Å². The first-order chi connectivity index (χ1) is 17.7. The second-order valence-electron chi connectivity index (χ2n) is 10.00. The summed E-state index contributed by atoms with van der Waals surface area (Å²) in [4.78, 5) is 28.6. The van der Waals surface area contributed by atoms with Crippen LogP contribution >= 0.6 is 0 Å². The largest absolute Gasteiger partial charge is 0.362 e. The molecule has 190 valence electrons. The van der Waals surface area contributed by atoms with Crippen molar-refractivity contribution in [1.29, 1.82) is 5.26 Å². The van der Waals surface area contributed by atoms with Gasteiger partial charge >= 0.3 is 0 Å². The van der Waals surface area contributed by atoms with Crippen molar-refractivity contribution in [2.45, 2.75) is 49.7 Å². The van der Waals surface area contributed by atoms with Gasteiger partial charge in [-0.05, 0) is 75.4 Å². The summed E-state index contributed by atoms with van der Waals surface area (Å²) in [7, 11) is -4.29. The molecule has 2 aliphatic rings. The zero-order valence-electron chi connectivity index (χ0n) is 20.5. The fraction of sp³-hybridized carbons (Fsp3) is 0.346. The number of sulfonamides is 1. The molecule has 5 heterocycles. The van der Waals surface area contributed by atoms with Crippen molar-refractivity contribution in [2.24, 2.45) is 5.92 Å². The monoisotopic (exact) mass is 517 g/mol. The lowest BCUT2D eigenvalue weighted by molar-refractivity contribution is 0.0981. The van der Waals surface area contributed by atoms with Crippen molar-refractivity contribution in [1.82, 2.24) is 19.7 Å². The van der Waals surface area contributed by atoms with Crippen LogP contribution in [0, 0.1) is 17.2 Å². The van der Waals surface area contributed by atoms with E-state index in [1.165, 1.54) is 18.2 Å². The molecule has 0 unspecified atom stereocenters. The molecular formula is C26H27N7O3S. The van der Waals surface area contributed by atoms with Gasteiger partial charge in [-0.25, -0.2) is 14.7 Å². The van der Waals surface area contributed by atoms with E-state index in [-0.39, 0.29) is 33.8 Å². The predicted molar refractivity (Wildman–Crippen MR) is 137 cm³/mol. The summed E-state index contributed by atoms with van der Waals surface area (Å²) in [6.45, 7) is 4.75. The third-order valence-corrected chi connectivity index (χ3v) is 8.14. The van der Waals surface area contributed by atoms with Crippen LogP contribution in [0.4, 0.5) is 11.6 Å². The molecule has 37 heavy (non-hydrogen) atoms. The first-order valence-electron chi connectivity index (χ1n) is 12.1. The zero-order valence-corrected chi connectivity index (χ0v) is 21.4. The smallest absolute Gasteiger partial charge is 0.281 e. The van der Waals surface area contributed by atoms with Gasteiger partial charge in [0.2, 0.25) is 0 Å². The van der Waals surface area contributed by atoms with E-state index in [0.29, 0.717) is 18.2 Å². The number of hydrogen-bond acceptors (Lipinski definition) is 9. The highest BCUT2D eigenvalue weighted by Gasteiger charge is 2.41. The highest BCUT2D eigenvalue weighted by molar-refractivity contribution is 7.90. The number of fused-ring (bicyclic) bond motifs is 6. The minimum absolute atomic E-state index is 0.0896. The molecule has 0 aromatic carbocycles. The van der Waals surface area contributed by atoms with Crippen LogP contribution in [0.2, 0.25) is 0 Å². The van der Waals surface area contributed by atoms with E-state index < -0.39 is 15.9 Å². The number of pyridine rings is 3. The Kier molecular flexibility index (Phi) is 6.29. The molecule has 1 amide bonds. The molecule has 0 saturated carbocycles. The number of nitrogens with one attached hydrogen (secondary N) is 2. The number of amides is 1. The molecule has 3 aromatic heterocycles. The normalized spacial score (nSPS) is 22.4. The second kappa shape index (κ2) is 9.44. The molecule has 4 bridgehead atoms. The fourth-order valence-corrected chi connectivity index (χ4v) is 6.11. The lowest BCUT2D eigenvalue weighted by Gasteiger charge is -2.33. The molecule has 11 heteroatoms.